The quantitative estimate of drug-likeness (QED) is 0.714. The lowest BCUT2D eigenvalue weighted by atomic mass is 9.97. The van der Waals surface area contributed by atoms with Crippen LogP contribution in [0.5, 0.6) is 0 Å². The average molecular weight is 343 g/mol. The molecular formula is C15H25N3O4S. The van der Waals surface area contributed by atoms with Crippen LogP contribution in [0.15, 0.2) is 0 Å². The first-order chi connectivity index (χ1) is 10.8. The van der Waals surface area contributed by atoms with Crippen molar-refractivity contribution >= 4 is 22.0 Å². The first-order valence-electron chi connectivity index (χ1n) is 8.44. The van der Waals surface area contributed by atoms with E-state index in [2.05, 4.69) is 0 Å². The highest BCUT2D eigenvalue weighted by Gasteiger charge is 2.58. The summed E-state index contributed by atoms with van der Waals surface area (Å²) < 4.78 is 25.7. The number of hydrogen-bond donors (Lipinski definition) is 0. The number of nitrogens with zero attached hydrogens (tertiary/aromatic N) is 3. The molecule has 1 unspecified atom stereocenters. The van der Waals surface area contributed by atoms with E-state index < -0.39 is 15.6 Å². The lowest BCUT2D eigenvalue weighted by molar-refractivity contribution is -0.133. The average Bonchev–Trinajstić information content (AvgIpc) is 2.97. The van der Waals surface area contributed by atoms with E-state index in [-0.39, 0.29) is 23.7 Å². The summed E-state index contributed by atoms with van der Waals surface area (Å²) in [7, 11) is -3.20. The summed E-state index contributed by atoms with van der Waals surface area (Å²) >= 11 is 0. The van der Waals surface area contributed by atoms with Gasteiger partial charge in [0.25, 0.3) is 5.91 Å². The molecule has 3 rings (SSSR count). The summed E-state index contributed by atoms with van der Waals surface area (Å²) in [4.78, 5) is 28.4. The van der Waals surface area contributed by atoms with Crippen molar-refractivity contribution in [3.63, 3.8) is 0 Å². The van der Waals surface area contributed by atoms with Crippen LogP contribution < -0.4 is 0 Å². The third-order valence-corrected chi connectivity index (χ3v) is 7.48. The van der Waals surface area contributed by atoms with E-state index in [4.69, 9.17) is 0 Å². The van der Waals surface area contributed by atoms with E-state index in [1.807, 2.05) is 13.8 Å². The van der Waals surface area contributed by atoms with Crippen molar-refractivity contribution in [1.29, 1.82) is 0 Å². The summed E-state index contributed by atoms with van der Waals surface area (Å²) in [6.07, 6.45) is 3.25. The van der Waals surface area contributed by atoms with Gasteiger partial charge in [0, 0.05) is 25.7 Å². The van der Waals surface area contributed by atoms with Crippen molar-refractivity contribution in [2.45, 2.75) is 57.5 Å². The Morgan fingerprint density at radius 3 is 2.39 bits per heavy atom. The Hall–Kier alpha value is -1.15. The minimum Gasteiger partial charge on any atom is -0.310 e. The van der Waals surface area contributed by atoms with Crippen LogP contribution in [0.1, 0.15) is 46.0 Å². The highest BCUT2D eigenvalue weighted by molar-refractivity contribution is 7.89. The third-order valence-electron chi connectivity index (χ3n) is 5.40. The molecule has 0 radical (unpaired) electrons. The molecule has 0 saturated carbocycles. The van der Waals surface area contributed by atoms with E-state index in [9.17, 15) is 18.0 Å². The molecule has 8 heteroatoms. The maximum atomic E-state index is 12.7. The maximum absolute atomic E-state index is 12.7. The zero-order valence-electron chi connectivity index (χ0n) is 13.8. The molecule has 130 valence electrons. The number of piperidine rings is 1. The molecule has 0 aromatic rings. The Balaban J connectivity index is 1.69. The van der Waals surface area contributed by atoms with Crippen molar-refractivity contribution in [3.8, 4) is 0 Å². The smallest absolute Gasteiger partial charge is 0.310 e. The lowest BCUT2D eigenvalue weighted by Gasteiger charge is -2.35. The second-order valence-electron chi connectivity index (χ2n) is 6.93. The summed E-state index contributed by atoms with van der Waals surface area (Å²) in [5.74, 6) is 0.0559. The SMILES string of the molecule is CCCS(=O)(=O)N1CCC(N2C(=O)N3CCCC3(C)C2=O)CC1. The minimum absolute atomic E-state index is 0.102. The number of urea groups is 1. The van der Waals surface area contributed by atoms with Gasteiger partial charge in [0.1, 0.15) is 5.54 Å². The fraction of sp³-hybridized carbons (Fsp3) is 0.867. The van der Waals surface area contributed by atoms with Crippen LogP contribution in [-0.4, -0.2) is 71.4 Å². The first kappa shape index (κ1) is 16.7. The van der Waals surface area contributed by atoms with Crippen LogP contribution >= 0.6 is 0 Å². The van der Waals surface area contributed by atoms with Gasteiger partial charge in [-0.2, -0.15) is 0 Å². The first-order valence-corrected chi connectivity index (χ1v) is 10.1. The third kappa shape index (κ3) is 2.55. The van der Waals surface area contributed by atoms with Crippen molar-refractivity contribution in [1.82, 2.24) is 14.1 Å². The van der Waals surface area contributed by atoms with Gasteiger partial charge in [0.15, 0.2) is 0 Å². The molecule has 3 aliphatic rings. The van der Waals surface area contributed by atoms with Crippen LogP contribution in [0.25, 0.3) is 0 Å². The predicted molar refractivity (Wildman–Crippen MR) is 85.3 cm³/mol. The molecular weight excluding hydrogens is 318 g/mol. The number of carbonyl (C=O) groups is 2. The van der Waals surface area contributed by atoms with Gasteiger partial charge in [-0.1, -0.05) is 6.92 Å². The number of hydrogen-bond acceptors (Lipinski definition) is 4. The molecule has 23 heavy (non-hydrogen) atoms. The normalized spacial score (nSPS) is 30.3. The zero-order chi connectivity index (χ0) is 16.8. The van der Waals surface area contributed by atoms with Gasteiger partial charge in [-0.3, -0.25) is 9.69 Å². The molecule has 0 spiro atoms. The number of carbonyl (C=O) groups excluding carboxylic acids is 2. The number of amides is 3. The summed E-state index contributed by atoms with van der Waals surface area (Å²) in [6.45, 7) is 5.11. The van der Waals surface area contributed by atoms with E-state index in [1.165, 1.54) is 9.21 Å². The van der Waals surface area contributed by atoms with Crippen molar-refractivity contribution < 1.29 is 18.0 Å². The Kier molecular flexibility index (Phi) is 4.16. The van der Waals surface area contributed by atoms with Crippen molar-refractivity contribution in [3.05, 3.63) is 0 Å². The van der Waals surface area contributed by atoms with Crippen LogP contribution in [0.3, 0.4) is 0 Å². The molecule has 0 aromatic carbocycles. The second-order valence-corrected chi connectivity index (χ2v) is 9.02. The monoisotopic (exact) mass is 343 g/mol. The fourth-order valence-corrected chi connectivity index (χ4v) is 5.60. The standard InChI is InChI=1S/C15H25N3O4S/c1-3-11-23(21,22)16-9-5-12(6-10-16)18-13(19)15(2)7-4-8-17(15)14(18)20/h12H,3-11H2,1-2H3. The second kappa shape index (κ2) is 5.73. The van der Waals surface area contributed by atoms with Crippen LogP contribution in [0.2, 0.25) is 0 Å². The summed E-state index contributed by atoms with van der Waals surface area (Å²) in [5, 5.41) is 0. The van der Waals surface area contributed by atoms with E-state index in [0.29, 0.717) is 38.9 Å². The zero-order valence-corrected chi connectivity index (χ0v) is 14.6. The van der Waals surface area contributed by atoms with Gasteiger partial charge in [0.05, 0.1) is 5.75 Å². The van der Waals surface area contributed by atoms with Crippen LogP contribution in [0.4, 0.5) is 4.79 Å². The minimum atomic E-state index is -3.20. The highest BCUT2D eigenvalue weighted by Crippen LogP contribution is 2.39. The Labute approximate surface area is 137 Å². The van der Waals surface area contributed by atoms with Crippen LogP contribution in [-0.2, 0) is 14.8 Å². The van der Waals surface area contributed by atoms with E-state index in [1.54, 1.807) is 4.90 Å². The molecule has 7 nitrogen and oxygen atoms in total. The number of fused-ring (bicyclic) bond motifs is 1. The van der Waals surface area contributed by atoms with Crippen molar-refractivity contribution in [2.75, 3.05) is 25.4 Å². The molecule has 3 fully saturated rings. The topological polar surface area (TPSA) is 78.0 Å². The lowest BCUT2D eigenvalue weighted by Crippen LogP contribution is -2.50. The number of imide groups is 1. The molecule has 3 aliphatic heterocycles. The molecule has 0 aromatic heterocycles. The molecule has 0 bridgehead atoms. The molecule has 3 saturated heterocycles. The molecule has 3 amide bonds. The van der Waals surface area contributed by atoms with E-state index >= 15 is 0 Å². The Morgan fingerprint density at radius 2 is 1.83 bits per heavy atom. The van der Waals surface area contributed by atoms with Gasteiger partial charge in [-0.25, -0.2) is 17.5 Å². The highest BCUT2D eigenvalue weighted by atomic mass is 32.2. The summed E-state index contributed by atoms with van der Waals surface area (Å²) in [6, 6.07) is -0.365. The van der Waals surface area contributed by atoms with E-state index in [0.717, 1.165) is 12.8 Å². The van der Waals surface area contributed by atoms with Gasteiger partial charge in [-0.05, 0) is 39.0 Å². The predicted octanol–water partition coefficient (Wildman–Crippen LogP) is 1.01. The number of rotatable bonds is 4. The Bertz CT molecular complexity index is 612. The molecule has 3 heterocycles. The van der Waals surface area contributed by atoms with Crippen molar-refractivity contribution in [2.24, 2.45) is 0 Å². The Morgan fingerprint density at radius 1 is 1.17 bits per heavy atom. The van der Waals surface area contributed by atoms with Gasteiger partial charge < -0.3 is 4.90 Å². The number of sulfonamides is 1. The largest absolute Gasteiger partial charge is 0.327 e. The van der Waals surface area contributed by atoms with Crippen LogP contribution in [0, 0.1) is 0 Å². The molecule has 1 atom stereocenters. The molecule has 0 aliphatic carbocycles. The summed E-state index contributed by atoms with van der Waals surface area (Å²) in [5.41, 5.74) is -0.678. The van der Waals surface area contributed by atoms with Gasteiger partial charge in [0.2, 0.25) is 10.0 Å². The van der Waals surface area contributed by atoms with Gasteiger partial charge in [-0.15, -0.1) is 0 Å². The maximum Gasteiger partial charge on any atom is 0.327 e. The van der Waals surface area contributed by atoms with Gasteiger partial charge >= 0.3 is 6.03 Å². The molecule has 0 N–H and O–H groups in total. The fourth-order valence-electron chi connectivity index (χ4n) is 4.06.